The molecule has 1 saturated heterocycles. The Hall–Kier alpha value is -2.37. The van der Waals surface area contributed by atoms with Gasteiger partial charge in [0.25, 0.3) is 0 Å². The van der Waals surface area contributed by atoms with Crippen LogP contribution < -0.4 is 4.74 Å². The van der Waals surface area contributed by atoms with E-state index in [1.807, 2.05) is 12.1 Å². The van der Waals surface area contributed by atoms with E-state index in [1.165, 1.54) is 11.1 Å². The number of carbonyl (C=O) groups is 1. The zero-order chi connectivity index (χ0) is 20.1. The van der Waals surface area contributed by atoms with Crippen molar-refractivity contribution in [3.8, 4) is 5.75 Å². The number of hydrogen-bond acceptors (Lipinski definition) is 4. The number of ether oxygens (including phenoxy) is 1. The van der Waals surface area contributed by atoms with Gasteiger partial charge in [-0.15, -0.1) is 0 Å². The molecule has 0 bridgehead atoms. The number of amides is 1. The molecule has 154 valence electrons. The van der Waals surface area contributed by atoms with Gasteiger partial charge in [-0.05, 0) is 36.1 Å². The Kier molecular flexibility index (Phi) is 6.47. The molecule has 4 rings (SSSR count). The maximum Gasteiger partial charge on any atom is 0.237 e. The molecular formula is C24H31N3O2. The number of nitrogens with zero attached hydrogens (tertiary/aromatic N) is 3. The van der Waals surface area contributed by atoms with Crippen LogP contribution in [-0.4, -0.2) is 66.5 Å². The minimum atomic E-state index is 0.264. The van der Waals surface area contributed by atoms with Crippen molar-refractivity contribution in [3.05, 3.63) is 65.7 Å². The largest absolute Gasteiger partial charge is 0.497 e. The van der Waals surface area contributed by atoms with Crippen molar-refractivity contribution in [3.63, 3.8) is 0 Å². The van der Waals surface area contributed by atoms with E-state index >= 15 is 0 Å². The van der Waals surface area contributed by atoms with Gasteiger partial charge >= 0.3 is 0 Å². The van der Waals surface area contributed by atoms with Crippen molar-refractivity contribution in [1.82, 2.24) is 14.7 Å². The molecule has 0 atom stereocenters. The predicted molar refractivity (Wildman–Crippen MR) is 115 cm³/mol. The molecule has 2 aromatic carbocycles. The van der Waals surface area contributed by atoms with E-state index in [0.717, 1.165) is 51.3 Å². The molecule has 0 radical (unpaired) electrons. The number of hydrogen-bond donors (Lipinski definition) is 0. The highest BCUT2D eigenvalue weighted by Crippen LogP contribution is 2.29. The molecule has 0 unspecified atom stereocenters. The van der Waals surface area contributed by atoms with Crippen LogP contribution in [0, 0.1) is 0 Å². The monoisotopic (exact) mass is 393 g/mol. The van der Waals surface area contributed by atoms with E-state index in [0.29, 0.717) is 19.1 Å². The number of carbonyl (C=O) groups excluding carboxylic acids is 1. The summed E-state index contributed by atoms with van der Waals surface area (Å²) in [6.07, 6.45) is 2.26. The fraction of sp³-hybridized carbons (Fsp3) is 0.458. The lowest BCUT2D eigenvalue weighted by Gasteiger charge is -2.35. The van der Waals surface area contributed by atoms with Gasteiger partial charge in [0.15, 0.2) is 0 Å². The molecular weight excluding hydrogens is 362 g/mol. The van der Waals surface area contributed by atoms with E-state index < -0.39 is 0 Å². The average molecular weight is 394 g/mol. The highest BCUT2D eigenvalue weighted by atomic mass is 16.5. The average Bonchev–Trinajstić information content (AvgIpc) is 3.60. The smallest absolute Gasteiger partial charge is 0.237 e. The second-order valence-corrected chi connectivity index (χ2v) is 8.14. The summed E-state index contributed by atoms with van der Waals surface area (Å²) >= 11 is 0. The van der Waals surface area contributed by atoms with Crippen LogP contribution >= 0.6 is 0 Å². The Morgan fingerprint density at radius 1 is 0.931 bits per heavy atom. The summed E-state index contributed by atoms with van der Waals surface area (Å²) in [6.45, 7) is 6.18. The summed E-state index contributed by atoms with van der Waals surface area (Å²) in [5.74, 6) is 1.12. The third kappa shape index (κ3) is 5.58. The quantitative estimate of drug-likeness (QED) is 0.691. The van der Waals surface area contributed by atoms with Gasteiger partial charge in [-0.25, -0.2) is 0 Å². The Morgan fingerprint density at radius 2 is 1.59 bits per heavy atom. The molecule has 5 nitrogen and oxygen atoms in total. The molecule has 1 heterocycles. The number of piperazine rings is 1. The summed E-state index contributed by atoms with van der Waals surface area (Å²) in [4.78, 5) is 19.9. The lowest BCUT2D eigenvalue weighted by molar-refractivity contribution is -0.134. The molecule has 2 fully saturated rings. The number of rotatable bonds is 8. The Labute approximate surface area is 173 Å². The predicted octanol–water partition coefficient (Wildman–Crippen LogP) is 3.00. The number of methoxy groups -OCH3 is 1. The Balaban J connectivity index is 1.27. The Morgan fingerprint density at radius 3 is 2.21 bits per heavy atom. The fourth-order valence-electron chi connectivity index (χ4n) is 3.96. The summed E-state index contributed by atoms with van der Waals surface area (Å²) in [5.41, 5.74) is 2.52. The molecule has 1 aliphatic heterocycles. The molecule has 2 aromatic rings. The second kappa shape index (κ2) is 9.42. The number of benzene rings is 2. The van der Waals surface area contributed by atoms with Crippen LogP contribution in [0.2, 0.25) is 0 Å². The van der Waals surface area contributed by atoms with Gasteiger partial charge in [0, 0.05) is 45.3 Å². The van der Waals surface area contributed by atoms with Crippen molar-refractivity contribution in [2.45, 2.75) is 32.0 Å². The Bertz CT molecular complexity index is 782. The minimum Gasteiger partial charge on any atom is -0.497 e. The van der Waals surface area contributed by atoms with Crippen molar-refractivity contribution >= 4 is 5.91 Å². The molecule has 5 heteroatoms. The standard InChI is InChI=1S/C24H31N3O2/c1-29-23-11-7-21(8-12-23)18-27(22-9-10-22)24(28)19-26-15-13-25(14-16-26)17-20-5-3-2-4-6-20/h2-8,11-12,22H,9-10,13-19H2,1H3. The van der Waals surface area contributed by atoms with Crippen molar-refractivity contribution < 1.29 is 9.53 Å². The van der Waals surface area contributed by atoms with Crippen LogP contribution in [0.3, 0.4) is 0 Å². The lowest BCUT2D eigenvalue weighted by Crippen LogP contribution is -2.50. The maximum atomic E-state index is 13.0. The van der Waals surface area contributed by atoms with E-state index in [-0.39, 0.29) is 5.91 Å². The molecule has 0 N–H and O–H groups in total. The highest BCUT2D eigenvalue weighted by molar-refractivity contribution is 5.79. The normalized spacial score (nSPS) is 17.8. The van der Waals surface area contributed by atoms with Gasteiger partial charge in [0.2, 0.25) is 5.91 Å². The molecule has 0 aromatic heterocycles. The zero-order valence-electron chi connectivity index (χ0n) is 17.3. The van der Waals surface area contributed by atoms with Crippen LogP contribution in [0.15, 0.2) is 54.6 Å². The SMILES string of the molecule is COc1ccc(CN(C(=O)CN2CCN(Cc3ccccc3)CC2)C2CC2)cc1. The van der Waals surface area contributed by atoms with Crippen LogP contribution in [0.4, 0.5) is 0 Å². The third-order valence-corrected chi connectivity index (χ3v) is 5.89. The van der Waals surface area contributed by atoms with Gasteiger partial charge in [-0.3, -0.25) is 14.6 Å². The van der Waals surface area contributed by atoms with E-state index in [4.69, 9.17) is 4.74 Å². The first-order valence-electron chi connectivity index (χ1n) is 10.6. The summed E-state index contributed by atoms with van der Waals surface area (Å²) < 4.78 is 5.24. The van der Waals surface area contributed by atoms with Gasteiger partial charge in [-0.1, -0.05) is 42.5 Å². The topological polar surface area (TPSA) is 36.0 Å². The van der Waals surface area contributed by atoms with Crippen LogP contribution in [0.25, 0.3) is 0 Å². The summed E-state index contributed by atoms with van der Waals surface area (Å²) in [7, 11) is 1.68. The first-order valence-corrected chi connectivity index (χ1v) is 10.6. The first kappa shape index (κ1) is 19.9. The van der Waals surface area contributed by atoms with Crippen molar-refractivity contribution in [2.75, 3.05) is 39.8 Å². The fourth-order valence-corrected chi connectivity index (χ4v) is 3.96. The van der Waals surface area contributed by atoms with E-state index in [9.17, 15) is 4.79 Å². The molecule has 0 spiro atoms. The van der Waals surface area contributed by atoms with Gasteiger partial charge in [0.1, 0.15) is 5.75 Å². The maximum absolute atomic E-state index is 13.0. The van der Waals surface area contributed by atoms with Crippen molar-refractivity contribution in [2.24, 2.45) is 0 Å². The molecule has 1 saturated carbocycles. The third-order valence-electron chi connectivity index (χ3n) is 5.89. The lowest BCUT2D eigenvalue weighted by atomic mass is 10.2. The highest BCUT2D eigenvalue weighted by Gasteiger charge is 2.33. The first-order chi connectivity index (χ1) is 14.2. The van der Waals surface area contributed by atoms with Crippen LogP contribution in [0.1, 0.15) is 24.0 Å². The molecule has 2 aliphatic rings. The van der Waals surface area contributed by atoms with E-state index in [2.05, 4.69) is 57.2 Å². The summed E-state index contributed by atoms with van der Waals surface area (Å²) in [5, 5.41) is 0. The van der Waals surface area contributed by atoms with Gasteiger partial charge < -0.3 is 9.64 Å². The second-order valence-electron chi connectivity index (χ2n) is 8.14. The summed E-state index contributed by atoms with van der Waals surface area (Å²) in [6, 6.07) is 19.1. The van der Waals surface area contributed by atoms with Gasteiger partial charge in [0.05, 0.1) is 13.7 Å². The molecule has 1 amide bonds. The molecule has 1 aliphatic carbocycles. The zero-order valence-corrected chi connectivity index (χ0v) is 17.3. The van der Waals surface area contributed by atoms with Crippen LogP contribution in [-0.2, 0) is 17.9 Å². The van der Waals surface area contributed by atoms with E-state index in [1.54, 1.807) is 7.11 Å². The minimum absolute atomic E-state index is 0.264. The molecule has 29 heavy (non-hydrogen) atoms. The van der Waals surface area contributed by atoms with Crippen LogP contribution in [0.5, 0.6) is 5.75 Å². The van der Waals surface area contributed by atoms with Crippen molar-refractivity contribution in [1.29, 1.82) is 0 Å². The van der Waals surface area contributed by atoms with Gasteiger partial charge in [-0.2, -0.15) is 0 Å².